The van der Waals surface area contributed by atoms with Gasteiger partial charge in [-0.15, -0.1) is 0 Å². The van der Waals surface area contributed by atoms with Crippen molar-refractivity contribution in [1.82, 2.24) is 0 Å². The lowest BCUT2D eigenvalue weighted by atomic mass is 10.2. The number of methoxy groups -OCH3 is 1. The average Bonchev–Trinajstić information content (AvgIpc) is 2.21. The molecule has 1 atom stereocenters. The molecule has 0 saturated carbocycles. The zero-order chi connectivity index (χ0) is 9.52. The van der Waals surface area contributed by atoms with Gasteiger partial charge < -0.3 is 14.3 Å². The van der Waals surface area contributed by atoms with Crippen LogP contribution in [0.3, 0.4) is 0 Å². The van der Waals surface area contributed by atoms with E-state index in [2.05, 4.69) is 0 Å². The summed E-state index contributed by atoms with van der Waals surface area (Å²) in [6.07, 6.45) is 0.251. The summed E-state index contributed by atoms with van der Waals surface area (Å²) in [6.45, 7) is 0.0490. The van der Waals surface area contributed by atoms with E-state index in [0.29, 0.717) is 6.29 Å². The molecule has 0 aromatic heterocycles. The Bertz CT molecular complexity index is 246. The van der Waals surface area contributed by atoms with Crippen molar-refractivity contribution in [3.63, 3.8) is 0 Å². The van der Waals surface area contributed by atoms with Gasteiger partial charge in [-0.3, -0.25) is 0 Å². The molecule has 0 saturated heterocycles. The van der Waals surface area contributed by atoms with Crippen LogP contribution < -0.4 is 0 Å². The molecule has 0 heterocycles. The number of aldehydes is 1. The normalized spacial score (nSPS) is 12.4. The van der Waals surface area contributed by atoms with Crippen molar-refractivity contribution >= 4 is 6.29 Å². The van der Waals surface area contributed by atoms with Crippen LogP contribution >= 0.6 is 0 Å². The number of rotatable bonds is 5. The van der Waals surface area contributed by atoms with Crippen LogP contribution in [0.5, 0.6) is 0 Å². The van der Waals surface area contributed by atoms with Crippen LogP contribution in [0.25, 0.3) is 0 Å². The molecule has 70 valence electrons. The smallest absolute Gasteiger partial charge is 0.183 e. The van der Waals surface area contributed by atoms with Crippen molar-refractivity contribution in [2.24, 2.45) is 0 Å². The van der Waals surface area contributed by atoms with Gasteiger partial charge in [-0.1, -0.05) is 30.3 Å². The largest absolute Gasteiger partial charge is 0.352 e. The van der Waals surface area contributed by atoms with Gasteiger partial charge in [0.25, 0.3) is 0 Å². The molecule has 0 fully saturated rings. The van der Waals surface area contributed by atoms with E-state index in [1.165, 1.54) is 0 Å². The maximum atomic E-state index is 10.1. The Morgan fingerprint density at radius 3 is 2.62 bits per heavy atom. The topological polar surface area (TPSA) is 35.5 Å². The van der Waals surface area contributed by atoms with Crippen molar-refractivity contribution in [3.05, 3.63) is 35.9 Å². The van der Waals surface area contributed by atoms with E-state index in [0.717, 1.165) is 5.56 Å². The van der Waals surface area contributed by atoms with Crippen molar-refractivity contribution < 1.29 is 14.3 Å². The molecule has 1 aromatic rings. The van der Waals surface area contributed by atoms with E-state index >= 15 is 0 Å². The van der Waals surface area contributed by atoms with E-state index in [9.17, 15) is 4.79 Å². The number of benzene rings is 1. The van der Waals surface area contributed by atoms with E-state index in [1.807, 2.05) is 30.3 Å². The lowest BCUT2D eigenvalue weighted by Crippen LogP contribution is -2.07. The summed E-state index contributed by atoms with van der Waals surface area (Å²) in [6, 6.07) is 9.48. The van der Waals surface area contributed by atoms with E-state index in [-0.39, 0.29) is 6.61 Å². The van der Waals surface area contributed by atoms with Crippen molar-refractivity contribution in [2.45, 2.75) is 6.29 Å². The predicted octanol–water partition coefficient (Wildman–Crippen LogP) is 1.55. The first-order valence-corrected chi connectivity index (χ1v) is 4.01. The Morgan fingerprint density at radius 2 is 2.08 bits per heavy atom. The summed E-state index contributed by atoms with van der Waals surface area (Å²) in [4.78, 5) is 10.1. The molecular formula is C10H12O3. The Morgan fingerprint density at radius 1 is 1.38 bits per heavy atom. The second-order valence-electron chi connectivity index (χ2n) is 2.48. The minimum atomic E-state index is -0.452. The second kappa shape index (κ2) is 5.45. The highest BCUT2D eigenvalue weighted by atomic mass is 16.7. The van der Waals surface area contributed by atoms with E-state index in [4.69, 9.17) is 9.47 Å². The third-order valence-corrected chi connectivity index (χ3v) is 1.60. The first-order chi connectivity index (χ1) is 6.38. The van der Waals surface area contributed by atoms with Crippen molar-refractivity contribution in [2.75, 3.05) is 13.7 Å². The van der Waals surface area contributed by atoms with Gasteiger partial charge in [-0.2, -0.15) is 0 Å². The zero-order valence-electron chi connectivity index (χ0n) is 7.47. The molecule has 13 heavy (non-hydrogen) atoms. The molecule has 0 aliphatic heterocycles. The Labute approximate surface area is 77.3 Å². The van der Waals surface area contributed by atoms with Crippen molar-refractivity contribution in [1.29, 1.82) is 0 Å². The van der Waals surface area contributed by atoms with E-state index in [1.54, 1.807) is 7.11 Å². The summed E-state index contributed by atoms with van der Waals surface area (Å²) >= 11 is 0. The van der Waals surface area contributed by atoms with Crippen LogP contribution in [0.1, 0.15) is 11.9 Å². The second-order valence-corrected chi connectivity index (χ2v) is 2.48. The summed E-state index contributed by atoms with van der Waals surface area (Å²) in [5, 5.41) is 0. The molecular weight excluding hydrogens is 168 g/mol. The van der Waals surface area contributed by atoms with Gasteiger partial charge in [0.1, 0.15) is 12.9 Å². The maximum absolute atomic E-state index is 10.1. The molecule has 1 aromatic carbocycles. The highest BCUT2D eigenvalue weighted by molar-refractivity contribution is 5.50. The van der Waals surface area contributed by atoms with Crippen LogP contribution in [0.15, 0.2) is 30.3 Å². The minimum absolute atomic E-state index is 0.0490. The molecule has 0 N–H and O–H groups in total. The number of hydrogen-bond donors (Lipinski definition) is 0. The molecule has 3 heteroatoms. The molecule has 3 nitrogen and oxygen atoms in total. The highest BCUT2D eigenvalue weighted by Crippen LogP contribution is 2.16. The lowest BCUT2D eigenvalue weighted by Gasteiger charge is -2.14. The molecule has 0 bridgehead atoms. The van der Waals surface area contributed by atoms with Gasteiger partial charge in [0, 0.05) is 12.7 Å². The Balaban J connectivity index is 2.61. The van der Waals surface area contributed by atoms with Gasteiger partial charge in [-0.05, 0) is 0 Å². The highest BCUT2D eigenvalue weighted by Gasteiger charge is 2.08. The molecule has 0 aliphatic rings. The van der Waals surface area contributed by atoms with Gasteiger partial charge in [0.05, 0.1) is 0 Å². The van der Waals surface area contributed by atoms with Gasteiger partial charge in [0.2, 0.25) is 0 Å². The Hall–Kier alpha value is -1.19. The summed E-state index contributed by atoms with van der Waals surface area (Å²) in [5.74, 6) is 0. The monoisotopic (exact) mass is 180 g/mol. The van der Waals surface area contributed by atoms with Crippen molar-refractivity contribution in [3.8, 4) is 0 Å². The fourth-order valence-electron chi connectivity index (χ4n) is 1.04. The van der Waals surface area contributed by atoms with E-state index < -0.39 is 6.29 Å². The fraction of sp³-hybridized carbons (Fsp3) is 0.300. The quantitative estimate of drug-likeness (QED) is 0.509. The minimum Gasteiger partial charge on any atom is -0.352 e. The third kappa shape index (κ3) is 2.97. The van der Waals surface area contributed by atoms with Crippen LogP contribution in [-0.2, 0) is 14.3 Å². The summed E-state index contributed by atoms with van der Waals surface area (Å²) in [5.41, 5.74) is 0.909. The molecule has 1 unspecified atom stereocenters. The SMILES string of the molecule is COC(OCC=O)c1ccccc1. The maximum Gasteiger partial charge on any atom is 0.183 e. The number of carbonyl (C=O) groups excluding carboxylic acids is 1. The lowest BCUT2D eigenvalue weighted by molar-refractivity contribution is -0.140. The molecule has 0 aliphatic carbocycles. The predicted molar refractivity (Wildman–Crippen MR) is 48.2 cm³/mol. The summed E-state index contributed by atoms with van der Waals surface area (Å²) < 4.78 is 10.2. The van der Waals surface area contributed by atoms with Crippen LogP contribution in [0, 0.1) is 0 Å². The Kier molecular flexibility index (Phi) is 4.15. The first-order valence-electron chi connectivity index (χ1n) is 4.01. The van der Waals surface area contributed by atoms with Crippen LogP contribution in [0.4, 0.5) is 0 Å². The number of carbonyl (C=O) groups is 1. The zero-order valence-corrected chi connectivity index (χ0v) is 7.47. The molecule has 0 amide bonds. The number of hydrogen-bond acceptors (Lipinski definition) is 3. The average molecular weight is 180 g/mol. The first kappa shape index (κ1) is 9.89. The standard InChI is InChI=1S/C10H12O3/c1-12-10(13-8-7-11)9-5-3-2-4-6-9/h2-7,10H,8H2,1H3. The molecule has 0 spiro atoms. The van der Waals surface area contributed by atoms with Gasteiger partial charge in [-0.25, -0.2) is 0 Å². The number of ether oxygens (including phenoxy) is 2. The summed E-state index contributed by atoms with van der Waals surface area (Å²) in [7, 11) is 1.54. The third-order valence-electron chi connectivity index (χ3n) is 1.60. The van der Waals surface area contributed by atoms with Crippen LogP contribution in [0.2, 0.25) is 0 Å². The molecule has 0 radical (unpaired) electrons. The molecule has 1 rings (SSSR count). The van der Waals surface area contributed by atoms with Gasteiger partial charge in [0.15, 0.2) is 6.29 Å². The fourth-order valence-corrected chi connectivity index (χ4v) is 1.04. The van der Waals surface area contributed by atoms with Crippen LogP contribution in [-0.4, -0.2) is 20.0 Å². The van der Waals surface area contributed by atoms with Gasteiger partial charge >= 0.3 is 0 Å².